The molecule has 0 radical (unpaired) electrons. The molecule has 0 aliphatic heterocycles. The van der Waals surface area contributed by atoms with Crippen molar-refractivity contribution in [1.82, 2.24) is 4.98 Å². The molecule has 18 heavy (non-hydrogen) atoms. The number of nitrogens with zero attached hydrogens (tertiary/aromatic N) is 1. The van der Waals surface area contributed by atoms with E-state index in [0.717, 1.165) is 12.1 Å². The van der Waals surface area contributed by atoms with Crippen molar-refractivity contribution in [2.24, 2.45) is 0 Å². The maximum absolute atomic E-state index is 13.6. The van der Waals surface area contributed by atoms with Gasteiger partial charge in [0.05, 0.1) is 0 Å². The lowest BCUT2D eigenvalue weighted by atomic mass is 10.1. The summed E-state index contributed by atoms with van der Waals surface area (Å²) in [5.41, 5.74) is -1.28. The molecule has 0 saturated heterocycles. The summed E-state index contributed by atoms with van der Waals surface area (Å²) in [4.78, 5) is 3.35. The number of halogens is 5. The van der Waals surface area contributed by atoms with Gasteiger partial charge < -0.3 is 5.32 Å². The quantitative estimate of drug-likeness (QED) is 0.796. The highest BCUT2D eigenvalue weighted by Gasteiger charge is 2.33. The van der Waals surface area contributed by atoms with E-state index in [1.807, 2.05) is 0 Å². The van der Waals surface area contributed by atoms with Gasteiger partial charge in [-0.1, -0.05) is 15.9 Å². The molecule has 0 spiro atoms. The van der Waals surface area contributed by atoms with E-state index in [-0.39, 0.29) is 16.6 Å². The first-order valence-corrected chi connectivity index (χ1v) is 5.67. The molecule has 0 aliphatic carbocycles. The molecule has 2 rings (SSSR count). The van der Waals surface area contributed by atoms with Crippen LogP contribution in [0.5, 0.6) is 0 Å². The zero-order valence-corrected chi connectivity index (χ0v) is 10.7. The Balaban J connectivity index is 2.88. The topological polar surface area (TPSA) is 24.9 Å². The van der Waals surface area contributed by atoms with Crippen LogP contribution in [0.1, 0.15) is 5.69 Å². The van der Waals surface area contributed by atoms with E-state index in [4.69, 9.17) is 0 Å². The van der Waals surface area contributed by atoms with Crippen molar-refractivity contribution in [3.63, 3.8) is 0 Å². The minimum Gasteiger partial charge on any atom is -0.387 e. The van der Waals surface area contributed by atoms with Gasteiger partial charge >= 0.3 is 6.18 Å². The van der Waals surface area contributed by atoms with E-state index in [1.165, 1.54) is 13.1 Å². The normalized spacial score (nSPS) is 11.9. The lowest BCUT2D eigenvalue weighted by Gasteiger charge is -2.12. The van der Waals surface area contributed by atoms with Crippen molar-refractivity contribution < 1.29 is 17.6 Å². The van der Waals surface area contributed by atoms with Crippen molar-refractivity contribution >= 4 is 32.5 Å². The van der Waals surface area contributed by atoms with E-state index in [0.29, 0.717) is 4.47 Å². The average molecular weight is 323 g/mol. The molecule has 1 aromatic carbocycles. The highest BCUT2D eigenvalue weighted by atomic mass is 79.9. The van der Waals surface area contributed by atoms with Crippen molar-refractivity contribution in [3.8, 4) is 0 Å². The third kappa shape index (κ3) is 2.14. The molecule has 0 aliphatic rings. The summed E-state index contributed by atoms with van der Waals surface area (Å²) in [5, 5.41) is 2.90. The fourth-order valence-corrected chi connectivity index (χ4v) is 2.14. The van der Waals surface area contributed by atoms with E-state index >= 15 is 0 Å². The summed E-state index contributed by atoms with van der Waals surface area (Å²) in [5.74, 6) is -0.796. The molecular formula is C11H7BrF4N2. The van der Waals surface area contributed by atoms with Crippen molar-refractivity contribution in [3.05, 3.63) is 34.2 Å². The molecule has 2 aromatic rings. The number of benzene rings is 1. The molecule has 0 amide bonds. The van der Waals surface area contributed by atoms with E-state index in [9.17, 15) is 17.6 Å². The second kappa shape index (κ2) is 4.38. The lowest BCUT2D eigenvalue weighted by molar-refractivity contribution is -0.140. The van der Waals surface area contributed by atoms with Crippen LogP contribution in [0.25, 0.3) is 10.9 Å². The standard InChI is InChI=1S/C11H7BrF4N2/c1-17-7-4-8(11(14,15)16)18-10-6(13)3-2-5(12)9(7)10/h2-4H,1H3,(H,17,18). The monoisotopic (exact) mass is 322 g/mol. The van der Waals surface area contributed by atoms with E-state index in [2.05, 4.69) is 26.2 Å². The largest absolute Gasteiger partial charge is 0.433 e. The molecule has 0 saturated carbocycles. The second-order valence-electron chi connectivity index (χ2n) is 3.56. The summed E-state index contributed by atoms with van der Waals surface area (Å²) in [6, 6.07) is 3.35. The number of hydrogen-bond donors (Lipinski definition) is 1. The van der Waals surface area contributed by atoms with Gasteiger partial charge in [-0.05, 0) is 18.2 Å². The SMILES string of the molecule is CNc1cc(C(F)(F)F)nc2c(F)ccc(Br)c12. The van der Waals surface area contributed by atoms with Crippen molar-refractivity contribution in [1.29, 1.82) is 0 Å². The van der Waals surface area contributed by atoms with Gasteiger partial charge in [0, 0.05) is 22.6 Å². The highest BCUT2D eigenvalue weighted by molar-refractivity contribution is 9.10. The van der Waals surface area contributed by atoms with Gasteiger partial charge in [-0.2, -0.15) is 13.2 Å². The summed E-state index contributed by atoms with van der Waals surface area (Å²) in [6.45, 7) is 0. The molecule has 0 atom stereocenters. The maximum atomic E-state index is 13.6. The molecule has 0 unspecified atom stereocenters. The van der Waals surface area contributed by atoms with E-state index < -0.39 is 17.7 Å². The Bertz CT molecular complexity index is 610. The van der Waals surface area contributed by atoms with Crippen molar-refractivity contribution in [2.45, 2.75) is 6.18 Å². The molecule has 0 bridgehead atoms. The fourth-order valence-electron chi connectivity index (χ4n) is 1.61. The first kappa shape index (κ1) is 13.1. The number of nitrogens with one attached hydrogen (secondary N) is 1. The van der Waals surface area contributed by atoms with E-state index in [1.54, 1.807) is 0 Å². The fraction of sp³-hybridized carbons (Fsp3) is 0.182. The third-order valence-corrected chi connectivity index (χ3v) is 3.08. The maximum Gasteiger partial charge on any atom is 0.433 e. The number of hydrogen-bond acceptors (Lipinski definition) is 2. The molecule has 2 nitrogen and oxygen atoms in total. The van der Waals surface area contributed by atoms with Crippen LogP contribution in [0.4, 0.5) is 23.2 Å². The minimum absolute atomic E-state index is 0.165. The van der Waals surface area contributed by atoms with Gasteiger partial charge in [0.25, 0.3) is 0 Å². The predicted octanol–water partition coefficient (Wildman–Crippen LogP) is 4.20. The van der Waals surface area contributed by atoms with Gasteiger partial charge in [-0.3, -0.25) is 0 Å². The number of anilines is 1. The van der Waals surface area contributed by atoms with Crippen molar-refractivity contribution in [2.75, 3.05) is 12.4 Å². The molecule has 1 aromatic heterocycles. The summed E-state index contributed by atoms with van der Waals surface area (Å²) in [6.07, 6.45) is -4.62. The molecule has 1 heterocycles. The molecular weight excluding hydrogens is 316 g/mol. The van der Waals surface area contributed by atoms with Crippen LogP contribution in [0.3, 0.4) is 0 Å². The number of fused-ring (bicyclic) bond motifs is 1. The average Bonchev–Trinajstić information content (AvgIpc) is 2.31. The van der Waals surface area contributed by atoms with Gasteiger partial charge in [0.1, 0.15) is 17.0 Å². The molecule has 0 fully saturated rings. The van der Waals surface area contributed by atoms with Crippen LogP contribution in [-0.2, 0) is 6.18 Å². The highest BCUT2D eigenvalue weighted by Crippen LogP contribution is 2.36. The first-order chi connectivity index (χ1) is 8.34. The minimum atomic E-state index is -4.62. The zero-order valence-electron chi connectivity index (χ0n) is 9.07. The second-order valence-corrected chi connectivity index (χ2v) is 4.41. The predicted molar refractivity (Wildman–Crippen MR) is 63.9 cm³/mol. The van der Waals surface area contributed by atoms with Crippen LogP contribution < -0.4 is 5.32 Å². The smallest absolute Gasteiger partial charge is 0.387 e. The number of rotatable bonds is 1. The first-order valence-electron chi connectivity index (χ1n) is 4.88. The Morgan fingerprint density at radius 1 is 1.28 bits per heavy atom. The van der Waals surface area contributed by atoms with Crippen LogP contribution >= 0.6 is 15.9 Å². The number of pyridine rings is 1. The van der Waals surface area contributed by atoms with Gasteiger partial charge in [0.15, 0.2) is 0 Å². The van der Waals surface area contributed by atoms with Gasteiger partial charge in [-0.15, -0.1) is 0 Å². The van der Waals surface area contributed by atoms with Gasteiger partial charge in [-0.25, -0.2) is 9.37 Å². The Hall–Kier alpha value is -1.37. The number of alkyl halides is 3. The zero-order chi connectivity index (χ0) is 13.5. The Kier molecular flexibility index (Phi) is 3.18. The third-order valence-electron chi connectivity index (χ3n) is 2.42. The van der Waals surface area contributed by atoms with Crippen LogP contribution in [0, 0.1) is 5.82 Å². The molecule has 96 valence electrons. The van der Waals surface area contributed by atoms with Crippen LogP contribution in [-0.4, -0.2) is 12.0 Å². The lowest BCUT2D eigenvalue weighted by Crippen LogP contribution is -2.09. The molecule has 7 heteroatoms. The Labute approximate surface area is 108 Å². The van der Waals surface area contributed by atoms with Crippen LogP contribution in [0.2, 0.25) is 0 Å². The summed E-state index contributed by atoms with van der Waals surface area (Å²) < 4.78 is 52.0. The molecule has 1 N–H and O–H groups in total. The Morgan fingerprint density at radius 2 is 1.94 bits per heavy atom. The Morgan fingerprint density at radius 3 is 2.50 bits per heavy atom. The van der Waals surface area contributed by atoms with Gasteiger partial charge in [0.2, 0.25) is 0 Å². The summed E-state index contributed by atoms with van der Waals surface area (Å²) >= 11 is 3.17. The number of aromatic nitrogens is 1. The van der Waals surface area contributed by atoms with Crippen LogP contribution in [0.15, 0.2) is 22.7 Å². The summed E-state index contributed by atoms with van der Waals surface area (Å²) in [7, 11) is 1.46.